The first kappa shape index (κ1) is 13.7. The van der Waals surface area contributed by atoms with Gasteiger partial charge in [-0.25, -0.2) is 0 Å². The van der Waals surface area contributed by atoms with Crippen LogP contribution in [0.4, 0.5) is 0 Å². The summed E-state index contributed by atoms with van der Waals surface area (Å²) >= 11 is 0.603. The molecule has 1 aliphatic rings. The maximum absolute atomic E-state index is 11.7. The minimum absolute atomic E-state index is 0.480. The Balaban J connectivity index is 2.49. The van der Waals surface area contributed by atoms with Crippen LogP contribution in [-0.4, -0.2) is 72.3 Å². The van der Waals surface area contributed by atoms with Crippen LogP contribution in [0.25, 0.3) is 0 Å². The van der Waals surface area contributed by atoms with Crippen molar-refractivity contribution in [1.82, 2.24) is 9.55 Å². The number of rotatable bonds is 2. The maximum atomic E-state index is 11.7. The fraction of sp³-hybridized carbons (Fsp3) is 0.556. The van der Waals surface area contributed by atoms with Crippen molar-refractivity contribution < 1.29 is 20.1 Å². The Labute approximate surface area is 114 Å². The SMILES string of the molecule is O=c1ccn([C@]2([Sn])O[C@H](CO)[C@@H](O)[C@H]2O)c(=O)[nH]1. The third-order valence-electron chi connectivity index (χ3n) is 2.80. The molecule has 97 valence electrons. The molecule has 9 heteroatoms. The van der Waals surface area contributed by atoms with Crippen molar-refractivity contribution in [2.75, 3.05) is 6.61 Å². The van der Waals surface area contributed by atoms with Gasteiger partial charge in [-0.15, -0.1) is 0 Å². The Hall–Kier alpha value is -0.681. The summed E-state index contributed by atoms with van der Waals surface area (Å²) in [5.74, 6) is 0. The summed E-state index contributed by atoms with van der Waals surface area (Å²) in [6.45, 7) is -0.480. The quantitative estimate of drug-likeness (QED) is 0.404. The number of hydrogen-bond acceptors (Lipinski definition) is 6. The molecule has 0 aliphatic carbocycles. The second-order valence-electron chi connectivity index (χ2n) is 3.95. The van der Waals surface area contributed by atoms with Gasteiger partial charge < -0.3 is 0 Å². The molecule has 0 aromatic carbocycles. The van der Waals surface area contributed by atoms with Gasteiger partial charge in [0.05, 0.1) is 0 Å². The van der Waals surface area contributed by atoms with E-state index in [4.69, 9.17) is 9.84 Å². The molecular formula is C9H11N2O6Sn. The number of aromatic amines is 1. The number of aliphatic hydroxyl groups excluding tert-OH is 3. The number of ether oxygens (including phenoxy) is 1. The van der Waals surface area contributed by atoms with Crippen molar-refractivity contribution in [2.45, 2.75) is 22.1 Å². The molecule has 0 unspecified atom stereocenters. The zero-order valence-electron chi connectivity index (χ0n) is 9.11. The second-order valence-corrected chi connectivity index (χ2v) is 6.00. The molecule has 0 saturated carbocycles. The van der Waals surface area contributed by atoms with Crippen LogP contribution in [0.2, 0.25) is 0 Å². The van der Waals surface area contributed by atoms with Crippen LogP contribution in [0.3, 0.4) is 0 Å². The normalized spacial score (nSPS) is 35.9. The molecule has 4 N–H and O–H groups in total. The Bertz CT molecular complexity index is 556. The van der Waals surface area contributed by atoms with Crippen molar-refractivity contribution >= 4 is 22.5 Å². The molecule has 1 aliphatic heterocycles. The van der Waals surface area contributed by atoms with Gasteiger partial charge in [0, 0.05) is 0 Å². The molecule has 2 heterocycles. The number of nitrogens with one attached hydrogen (secondary N) is 1. The minimum atomic E-state index is -1.46. The summed E-state index contributed by atoms with van der Waals surface area (Å²) in [4.78, 5) is 24.7. The van der Waals surface area contributed by atoms with E-state index in [1.807, 2.05) is 4.98 Å². The van der Waals surface area contributed by atoms with E-state index in [0.717, 1.165) is 10.6 Å². The van der Waals surface area contributed by atoms with Crippen molar-refractivity contribution in [3.8, 4) is 0 Å². The molecule has 3 radical (unpaired) electrons. The third-order valence-corrected chi connectivity index (χ3v) is 4.67. The van der Waals surface area contributed by atoms with Gasteiger partial charge in [0.2, 0.25) is 0 Å². The van der Waals surface area contributed by atoms with Crippen LogP contribution >= 0.6 is 0 Å². The van der Waals surface area contributed by atoms with E-state index in [2.05, 4.69) is 0 Å². The van der Waals surface area contributed by atoms with Gasteiger partial charge in [0.1, 0.15) is 0 Å². The first-order chi connectivity index (χ1) is 8.40. The number of nitrogens with zero attached hydrogens (tertiary/aromatic N) is 1. The number of aromatic nitrogens is 2. The molecule has 1 saturated heterocycles. The average Bonchev–Trinajstić information content (AvgIpc) is 2.54. The van der Waals surface area contributed by atoms with Gasteiger partial charge in [-0.05, 0) is 0 Å². The summed E-state index contributed by atoms with van der Waals surface area (Å²) < 4.78 is 4.91. The van der Waals surface area contributed by atoms with E-state index in [0.29, 0.717) is 22.5 Å². The van der Waals surface area contributed by atoms with E-state index >= 15 is 0 Å². The van der Waals surface area contributed by atoms with Gasteiger partial charge in [-0.3, -0.25) is 0 Å². The van der Waals surface area contributed by atoms with E-state index in [-0.39, 0.29) is 0 Å². The summed E-state index contributed by atoms with van der Waals surface area (Å²) in [7, 11) is 0. The van der Waals surface area contributed by atoms with Crippen LogP contribution in [0.15, 0.2) is 21.9 Å². The molecule has 1 fully saturated rings. The van der Waals surface area contributed by atoms with Crippen molar-refractivity contribution in [3.05, 3.63) is 33.1 Å². The van der Waals surface area contributed by atoms with Gasteiger partial charge in [0.15, 0.2) is 0 Å². The number of aliphatic hydroxyl groups is 3. The number of hydrogen-bond donors (Lipinski definition) is 4. The van der Waals surface area contributed by atoms with E-state index < -0.39 is 39.9 Å². The van der Waals surface area contributed by atoms with Gasteiger partial charge in [-0.1, -0.05) is 0 Å². The van der Waals surface area contributed by atoms with Crippen molar-refractivity contribution in [3.63, 3.8) is 0 Å². The molecule has 0 bridgehead atoms. The molecule has 1 aromatic rings. The molecule has 2 rings (SSSR count). The van der Waals surface area contributed by atoms with E-state index in [1.165, 1.54) is 6.20 Å². The second kappa shape index (κ2) is 4.78. The predicted molar refractivity (Wildman–Crippen MR) is 59.0 cm³/mol. The monoisotopic (exact) mass is 363 g/mol. The first-order valence-electron chi connectivity index (χ1n) is 5.12. The average molecular weight is 362 g/mol. The predicted octanol–water partition coefficient (Wildman–Crippen LogP) is -3.57. The van der Waals surface area contributed by atoms with E-state index in [9.17, 15) is 19.8 Å². The van der Waals surface area contributed by atoms with Crippen LogP contribution in [0.1, 0.15) is 0 Å². The molecular weight excluding hydrogens is 351 g/mol. The summed E-state index contributed by atoms with van der Waals surface area (Å²) in [6.07, 6.45) is -2.45. The van der Waals surface area contributed by atoms with Crippen LogP contribution in [-0.2, 0) is 8.48 Å². The molecule has 4 atom stereocenters. The Morgan fingerprint density at radius 3 is 2.67 bits per heavy atom. The Morgan fingerprint density at radius 1 is 1.50 bits per heavy atom. The zero-order chi connectivity index (χ0) is 13.5. The fourth-order valence-electron chi connectivity index (χ4n) is 1.83. The van der Waals surface area contributed by atoms with Gasteiger partial charge >= 0.3 is 114 Å². The molecule has 8 nitrogen and oxygen atoms in total. The molecule has 0 amide bonds. The van der Waals surface area contributed by atoms with Crippen molar-refractivity contribution in [1.29, 1.82) is 0 Å². The van der Waals surface area contributed by atoms with Gasteiger partial charge in [-0.2, -0.15) is 0 Å². The molecule has 0 spiro atoms. The topological polar surface area (TPSA) is 125 Å². The van der Waals surface area contributed by atoms with Gasteiger partial charge in [0.25, 0.3) is 0 Å². The zero-order valence-corrected chi connectivity index (χ0v) is 12.0. The van der Waals surface area contributed by atoms with Crippen molar-refractivity contribution in [2.24, 2.45) is 0 Å². The summed E-state index contributed by atoms with van der Waals surface area (Å²) in [6, 6.07) is 1.11. The Kier molecular flexibility index (Phi) is 3.65. The standard InChI is InChI=1S/C9H11N2O6.Sn/c12-3-4-6(14)7(15)8(17-4)11-2-1-5(13)10-9(11)16;/h1-2,4,6-7,12,14-15H,3H2,(H,10,13,16);/t4-,6-,7-;/m1./s1. The molecule has 18 heavy (non-hydrogen) atoms. The summed E-state index contributed by atoms with van der Waals surface area (Å²) in [5.41, 5.74) is -1.31. The molecule has 1 aromatic heterocycles. The fourth-order valence-corrected chi connectivity index (χ4v) is 3.25. The third kappa shape index (κ3) is 2.03. The summed E-state index contributed by atoms with van der Waals surface area (Å²) in [5, 5.41) is 28.7. The van der Waals surface area contributed by atoms with Crippen LogP contribution in [0.5, 0.6) is 0 Å². The van der Waals surface area contributed by atoms with E-state index in [1.54, 1.807) is 0 Å². The number of H-pyrrole nitrogens is 1. The van der Waals surface area contributed by atoms with Crippen LogP contribution < -0.4 is 11.2 Å². The first-order valence-corrected chi connectivity index (χ1v) is 6.55. The van der Waals surface area contributed by atoms with Crippen LogP contribution in [0, 0.1) is 0 Å². The Morgan fingerprint density at radius 2 is 2.17 bits per heavy atom.